The fourth-order valence-corrected chi connectivity index (χ4v) is 3.40. The van der Waals surface area contributed by atoms with E-state index in [0.717, 1.165) is 24.5 Å². The molecule has 1 atom stereocenters. The van der Waals surface area contributed by atoms with E-state index in [1.807, 2.05) is 24.3 Å². The number of aliphatic hydroxyl groups is 1. The fraction of sp³-hybridized carbons (Fsp3) is 0.556. The zero-order valence-electron chi connectivity index (χ0n) is 15.1. The number of benzene rings is 1. The lowest BCUT2D eigenvalue weighted by Crippen LogP contribution is -2.54. The number of β-amino-alcohol motifs (C(OH)–C–C–N with tert-alkyl or cyclic N) is 1. The topological polar surface area (TPSA) is 85.3 Å². The molecule has 1 aromatic rings. The molecule has 8 heteroatoms. The second-order valence-electron chi connectivity index (χ2n) is 6.61. The summed E-state index contributed by atoms with van der Waals surface area (Å²) in [7, 11) is 1.60. The molecule has 0 aromatic heterocycles. The molecule has 2 fully saturated rings. The van der Waals surface area contributed by atoms with Crippen molar-refractivity contribution in [3.63, 3.8) is 0 Å². The monoisotopic (exact) mass is 362 g/mol. The molecule has 0 radical (unpaired) electrons. The number of anilines is 1. The van der Waals surface area contributed by atoms with E-state index in [1.165, 1.54) is 0 Å². The van der Waals surface area contributed by atoms with Gasteiger partial charge in [0.25, 0.3) is 0 Å². The fourth-order valence-electron chi connectivity index (χ4n) is 3.40. The number of carbonyl (C=O) groups is 2. The minimum Gasteiger partial charge on any atom is -0.497 e. The van der Waals surface area contributed by atoms with Crippen LogP contribution in [0.5, 0.6) is 5.75 Å². The summed E-state index contributed by atoms with van der Waals surface area (Å²) in [5.74, 6) is 0.749. The van der Waals surface area contributed by atoms with Crippen LogP contribution in [0.25, 0.3) is 0 Å². The highest BCUT2D eigenvalue weighted by Crippen LogP contribution is 2.24. The van der Waals surface area contributed by atoms with Crippen molar-refractivity contribution < 1.29 is 19.4 Å². The summed E-state index contributed by atoms with van der Waals surface area (Å²) < 4.78 is 5.14. The Labute approximate surface area is 153 Å². The molecule has 2 aliphatic rings. The van der Waals surface area contributed by atoms with Crippen molar-refractivity contribution in [1.29, 1.82) is 0 Å². The minimum atomic E-state index is -0.187. The number of methoxy groups -OCH3 is 1. The highest BCUT2D eigenvalue weighted by molar-refractivity contribution is 5.96. The Morgan fingerprint density at radius 1 is 1.23 bits per heavy atom. The molecule has 0 unspecified atom stereocenters. The zero-order chi connectivity index (χ0) is 18.5. The summed E-state index contributed by atoms with van der Waals surface area (Å²) in [5, 5.41) is 12.0. The lowest BCUT2D eigenvalue weighted by Gasteiger charge is -2.34. The first-order valence-corrected chi connectivity index (χ1v) is 8.94. The molecular formula is C18H26N4O4. The summed E-state index contributed by atoms with van der Waals surface area (Å²) in [6.07, 6.45) is 0.308. The van der Waals surface area contributed by atoms with Gasteiger partial charge in [0, 0.05) is 51.4 Å². The van der Waals surface area contributed by atoms with Crippen LogP contribution in [-0.4, -0.2) is 85.9 Å². The molecule has 26 heavy (non-hydrogen) atoms. The molecule has 2 aliphatic heterocycles. The maximum atomic E-state index is 12.5. The van der Waals surface area contributed by atoms with Gasteiger partial charge in [-0.15, -0.1) is 0 Å². The summed E-state index contributed by atoms with van der Waals surface area (Å²) in [6.45, 7) is 4.04. The van der Waals surface area contributed by atoms with Crippen LogP contribution in [0.1, 0.15) is 6.42 Å². The van der Waals surface area contributed by atoms with Gasteiger partial charge in [-0.3, -0.25) is 9.69 Å². The second-order valence-corrected chi connectivity index (χ2v) is 6.61. The van der Waals surface area contributed by atoms with Gasteiger partial charge in [-0.05, 0) is 24.3 Å². The average Bonchev–Trinajstić information content (AvgIpc) is 3.02. The number of ether oxygens (including phenoxy) is 1. The van der Waals surface area contributed by atoms with Gasteiger partial charge in [0.2, 0.25) is 5.91 Å². The molecule has 8 nitrogen and oxygen atoms in total. The summed E-state index contributed by atoms with van der Waals surface area (Å²) in [4.78, 5) is 30.4. The summed E-state index contributed by atoms with van der Waals surface area (Å²) in [6, 6.07) is 7.03. The van der Waals surface area contributed by atoms with E-state index >= 15 is 0 Å². The lowest BCUT2D eigenvalue weighted by molar-refractivity contribution is -0.117. The van der Waals surface area contributed by atoms with E-state index in [0.29, 0.717) is 32.6 Å². The van der Waals surface area contributed by atoms with Crippen molar-refractivity contribution >= 4 is 17.6 Å². The smallest absolute Gasteiger partial charge is 0.317 e. The van der Waals surface area contributed by atoms with Crippen molar-refractivity contribution in [3.8, 4) is 5.75 Å². The third-order valence-corrected chi connectivity index (χ3v) is 4.91. The van der Waals surface area contributed by atoms with Gasteiger partial charge in [0.15, 0.2) is 0 Å². The van der Waals surface area contributed by atoms with Gasteiger partial charge < -0.3 is 25.0 Å². The van der Waals surface area contributed by atoms with E-state index in [9.17, 15) is 9.59 Å². The Kier molecular flexibility index (Phi) is 5.95. The standard InChI is InChI=1S/C18H26N4O4/c1-26-16-4-2-15(3-5-16)22-13-14(12-17(22)24)19-18(25)21-8-6-20(7-9-21)10-11-23/h2-5,14,23H,6-13H2,1H3,(H,19,25)/t14-/m1/s1. The number of piperazine rings is 1. The highest BCUT2D eigenvalue weighted by Gasteiger charge is 2.33. The first-order chi connectivity index (χ1) is 12.6. The molecule has 1 aromatic carbocycles. The first-order valence-electron chi connectivity index (χ1n) is 8.94. The number of carbonyl (C=O) groups excluding carboxylic acids is 2. The van der Waals surface area contributed by atoms with Gasteiger partial charge >= 0.3 is 6.03 Å². The maximum absolute atomic E-state index is 12.5. The van der Waals surface area contributed by atoms with Gasteiger partial charge in [-0.2, -0.15) is 0 Å². The lowest BCUT2D eigenvalue weighted by atomic mass is 10.2. The van der Waals surface area contributed by atoms with Crippen molar-refractivity contribution in [2.75, 3.05) is 57.9 Å². The predicted molar refractivity (Wildman–Crippen MR) is 97.4 cm³/mol. The van der Waals surface area contributed by atoms with Gasteiger partial charge in [-0.1, -0.05) is 0 Å². The Balaban J connectivity index is 1.51. The van der Waals surface area contributed by atoms with Crippen molar-refractivity contribution in [1.82, 2.24) is 15.1 Å². The zero-order valence-corrected chi connectivity index (χ0v) is 15.1. The van der Waals surface area contributed by atoms with Crippen LogP contribution in [0.4, 0.5) is 10.5 Å². The third-order valence-electron chi connectivity index (χ3n) is 4.91. The molecule has 0 bridgehead atoms. The average molecular weight is 362 g/mol. The van der Waals surface area contributed by atoms with Crippen LogP contribution < -0.4 is 15.0 Å². The molecule has 0 spiro atoms. The van der Waals surface area contributed by atoms with E-state index in [2.05, 4.69) is 10.2 Å². The maximum Gasteiger partial charge on any atom is 0.317 e. The quantitative estimate of drug-likeness (QED) is 0.777. The van der Waals surface area contributed by atoms with E-state index in [4.69, 9.17) is 9.84 Å². The number of rotatable bonds is 5. The SMILES string of the molecule is COc1ccc(N2C[C@H](NC(=O)N3CCN(CCO)CC3)CC2=O)cc1. The predicted octanol–water partition coefficient (Wildman–Crippen LogP) is 0.120. The molecule has 2 N–H and O–H groups in total. The number of hydrogen-bond donors (Lipinski definition) is 2. The third kappa shape index (κ3) is 4.25. The molecule has 0 aliphatic carbocycles. The normalized spacial score (nSPS) is 21.2. The number of nitrogens with zero attached hydrogens (tertiary/aromatic N) is 3. The van der Waals surface area contributed by atoms with Crippen LogP contribution in [0.2, 0.25) is 0 Å². The van der Waals surface area contributed by atoms with Gasteiger partial charge in [0.1, 0.15) is 5.75 Å². The number of aliphatic hydroxyl groups excluding tert-OH is 1. The van der Waals surface area contributed by atoms with Crippen molar-refractivity contribution in [2.45, 2.75) is 12.5 Å². The highest BCUT2D eigenvalue weighted by atomic mass is 16.5. The Morgan fingerprint density at radius 2 is 1.92 bits per heavy atom. The molecule has 142 valence electrons. The van der Waals surface area contributed by atoms with Crippen LogP contribution in [0.3, 0.4) is 0 Å². The van der Waals surface area contributed by atoms with Gasteiger partial charge in [0.05, 0.1) is 19.8 Å². The van der Waals surface area contributed by atoms with Crippen LogP contribution in [0.15, 0.2) is 24.3 Å². The Hall–Kier alpha value is -2.32. The van der Waals surface area contributed by atoms with Crippen molar-refractivity contribution in [2.24, 2.45) is 0 Å². The molecule has 3 rings (SSSR count). The van der Waals surface area contributed by atoms with Crippen LogP contribution in [0, 0.1) is 0 Å². The van der Waals surface area contributed by atoms with Crippen molar-refractivity contribution in [3.05, 3.63) is 24.3 Å². The number of hydrogen-bond acceptors (Lipinski definition) is 5. The molecule has 2 saturated heterocycles. The number of urea groups is 1. The molecule has 0 saturated carbocycles. The second kappa shape index (κ2) is 8.37. The van der Waals surface area contributed by atoms with E-state index in [1.54, 1.807) is 16.9 Å². The first kappa shape index (κ1) is 18.5. The van der Waals surface area contributed by atoms with Gasteiger partial charge in [-0.25, -0.2) is 4.79 Å². The Morgan fingerprint density at radius 3 is 2.54 bits per heavy atom. The molecule has 2 heterocycles. The number of nitrogens with one attached hydrogen (secondary N) is 1. The van der Waals surface area contributed by atoms with E-state index < -0.39 is 0 Å². The van der Waals surface area contributed by atoms with E-state index in [-0.39, 0.29) is 24.6 Å². The minimum absolute atomic E-state index is 0.00762. The molecular weight excluding hydrogens is 336 g/mol. The largest absolute Gasteiger partial charge is 0.497 e. The summed E-state index contributed by atoms with van der Waals surface area (Å²) in [5.41, 5.74) is 0.810. The van der Waals surface area contributed by atoms with Crippen LogP contribution in [-0.2, 0) is 4.79 Å². The molecule has 3 amide bonds. The van der Waals surface area contributed by atoms with Crippen LogP contribution >= 0.6 is 0 Å². The summed E-state index contributed by atoms with van der Waals surface area (Å²) >= 11 is 0. The number of amides is 3. The Bertz CT molecular complexity index is 629.